The quantitative estimate of drug-likeness (QED) is 0.494. The molecule has 1 aromatic rings. The van der Waals surface area contributed by atoms with Gasteiger partial charge in [0.25, 0.3) is 0 Å². The molecule has 0 spiro atoms. The maximum Gasteiger partial charge on any atom is 0.159 e. The Kier molecular flexibility index (Phi) is 5.15. The summed E-state index contributed by atoms with van der Waals surface area (Å²) >= 11 is 2.97. The summed E-state index contributed by atoms with van der Waals surface area (Å²) in [5.41, 5.74) is 5.46. The Morgan fingerprint density at radius 2 is 1.90 bits per heavy atom. The van der Waals surface area contributed by atoms with Gasteiger partial charge in [0, 0.05) is 11.8 Å². The molecule has 0 aromatic heterocycles. The summed E-state index contributed by atoms with van der Waals surface area (Å²) < 4.78 is 49.8. The highest BCUT2D eigenvalue weighted by Gasteiger charge is 2.35. The zero-order valence-corrected chi connectivity index (χ0v) is 14.5. The molecule has 0 aliphatic carbocycles. The van der Waals surface area contributed by atoms with Gasteiger partial charge in [0.2, 0.25) is 0 Å². The Morgan fingerprint density at radius 1 is 1.38 bits per heavy atom. The van der Waals surface area contributed by atoms with Gasteiger partial charge < -0.3 is 5.73 Å². The number of aliphatic imine (C=N–C) groups is 1. The second kappa shape index (κ2) is 6.00. The monoisotopic (exact) mass is 382 g/mol. The fourth-order valence-electron chi connectivity index (χ4n) is 1.54. The SMILES string of the molecule is CC(N=C(N)C(C)(C)S(C)(=O)=O)c1c(F)ccc(Br)c1F. The predicted molar refractivity (Wildman–Crippen MR) is 83.0 cm³/mol. The molecule has 0 amide bonds. The van der Waals surface area contributed by atoms with Crippen molar-refractivity contribution in [3.8, 4) is 0 Å². The minimum absolute atomic E-state index is 0.0990. The van der Waals surface area contributed by atoms with Crippen LogP contribution in [-0.2, 0) is 9.84 Å². The van der Waals surface area contributed by atoms with Crippen molar-refractivity contribution in [2.75, 3.05) is 6.26 Å². The van der Waals surface area contributed by atoms with E-state index in [0.717, 1.165) is 12.3 Å². The van der Waals surface area contributed by atoms with Crippen molar-refractivity contribution < 1.29 is 17.2 Å². The van der Waals surface area contributed by atoms with Crippen LogP contribution in [0.5, 0.6) is 0 Å². The van der Waals surface area contributed by atoms with Crippen LogP contribution in [0, 0.1) is 11.6 Å². The summed E-state index contributed by atoms with van der Waals surface area (Å²) in [4.78, 5) is 3.96. The average Bonchev–Trinajstić information content (AvgIpc) is 2.32. The Labute approximate surface area is 131 Å². The van der Waals surface area contributed by atoms with Crippen LogP contribution in [-0.4, -0.2) is 25.3 Å². The number of rotatable bonds is 4. The summed E-state index contributed by atoms with van der Waals surface area (Å²) in [5, 5.41) is 0. The van der Waals surface area contributed by atoms with E-state index in [-0.39, 0.29) is 15.9 Å². The number of hydrogen-bond acceptors (Lipinski definition) is 3. The fraction of sp³-hybridized carbons (Fsp3) is 0.462. The van der Waals surface area contributed by atoms with Crippen molar-refractivity contribution in [1.29, 1.82) is 0 Å². The molecule has 4 nitrogen and oxygen atoms in total. The fourth-order valence-corrected chi connectivity index (χ4v) is 2.32. The summed E-state index contributed by atoms with van der Waals surface area (Å²) in [6, 6.07) is 1.39. The molecule has 1 aromatic carbocycles. The average molecular weight is 383 g/mol. The van der Waals surface area contributed by atoms with Gasteiger partial charge >= 0.3 is 0 Å². The molecule has 0 bridgehead atoms. The van der Waals surface area contributed by atoms with E-state index in [2.05, 4.69) is 20.9 Å². The van der Waals surface area contributed by atoms with Crippen molar-refractivity contribution in [1.82, 2.24) is 0 Å². The van der Waals surface area contributed by atoms with Crippen molar-refractivity contribution in [3.63, 3.8) is 0 Å². The number of sulfone groups is 1. The maximum absolute atomic E-state index is 14.0. The Balaban J connectivity index is 3.32. The molecule has 2 N–H and O–H groups in total. The van der Waals surface area contributed by atoms with E-state index in [9.17, 15) is 17.2 Å². The smallest absolute Gasteiger partial charge is 0.159 e. The van der Waals surface area contributed by atoms with Crippen LogP contribution in [0.25, 0.3) is 0 Å². The van der Waals surface area contributed by atoms with E-state index < -0.39 is 32.3 Å². The van der Waals surface area contributed by atoms with Gasteiger partial charge in [-0.1, -0.05) is 0 Å². The second-order valence-electron chi connectivity index (χ2n) is 5.23. The molecule has 0 radical (unpaired) electrons. The van der Waals surface area contributed by atoms with E-state index in [1.165, 1.54) is 26.8 Å². The molecular weight excluding hydrogens is 366 g/mol. The standard InChI is InChI=1S/C13H17BrF2N2O2S/c1-7(10-9(15)6-5-8(14)11(10)16)18-12(17)13(2,3)21(4,19)20/h5-7H,1-4H3,(H2,17,18). The van der Waals surface area contributed by atoms with Crippen molar-refractivity contribution in [2.45, 2.75) is 31.6 Å². The molecule has 0 aliphatic heterocycles. The van der Waals surface area contributed by atoms with Crippen LogP contribution in [0.1, 0.15) is 32.4 Å². The zero-order chi connectivity index (χ0) is 16.6. The molecule has 0 fully saturated rings. The van der Waals surface area contributed by atoms with Crippen molar-refractivity contribution in [3.05, 3.63) is 33.8 Å². The normalized spacial score (nSPS) is 15.1. The third kappa shape index (κ3) is 3.60. The molecule has 0 saturated heterocycles. The third-order valence-electron chi connectivity index (χ3n) is 3.37. The lowest BCUT2D eigenvalue weighted by molar-refractivity contribution is 0.532. The summed E-state index contributed by atoms with van der Waals surface area (Å²) in [6.45, 7) is 4.22. The first kappa shape index (κ1) is 18.0. The van der Waals surface area contributed by atoms with Crippen LogP contribution in [0.2, 0.25) is 0 Å². The first-order chi connectivity index (χ1) is 9.39. The Morgan fingerprint density at radius 3 is 2.38 bits per heavy atom. The van der Waals surface area contributed by atoms with Gasteiger partial charge in [-0.15, -0.1) is 0 Å². The topological polar surface area (TPSA) is 72.5 Å². The number of nitrogens with two attached hydrogens (primary N) is 1. The first-order valence-corrected chi connectivity index (χ1v) is 8.74. The van der Waals surface area contributed by atoms with Gasteiger partial charge in [-0.25, -0.2) is 17.2 Å². The van der Waals surface area contributed by atoms with E-state index in [4.69, 9.17) is 5.73 Å². The molecule has 0 saturated carbocycles. The Bertz CT molecular complexity index is 688. The minimum atomic E-state index is -3.51. The number of benzene rings is 1. The van der Waals surface area contributed by atoms with Crippen LogP contribution in [0.3, 0.4) is 0 Å². The molecule has 8 heteroatoms. The molecular formula is C13H17BrF2N2O2S. The number of hydrogen-bond donors (Lipinski definition) is 1. The molecule has 1 unspecified atom stereocenters. The number of halogens is 3. The number of amidine groups is 1. The lowest BCUT2D eigenvalue weighted by atomic mass is 10.1. The molecule has 118 valence electrons. The highest BCUT2D eigenvalue weighted by atomic mass is 79.9. The van der Waals surface area contributed by atoms with Crippen molar-refractivity contribution >= 4 is 31.6 Å². The highest BCUT2D eigenvalue weighted by molar-refractivity contribution is 9.10. The lowest BCUT2D eigenvalue weighted by Crippen LogP contribution is -2.45. The number of nitrogens with zero attached hydrogens (tertiary/aromatic N) is 1. The maximum atomic E-state index is 14.0. The summed E-state index contributed by atoms with van der Waals surface area (Å²) in [5.74, 6) is -1.75. The summed E-state index contributed by atoms with van der Waals surface area (Å²) in [6.07, 6.45) is 1.03. The van der Waals surface area contributed by atoms with E-state index >= 15 is 0 Å². The molecule has 1 atom stereocenters. The molecule has 1 rings (SSSR count). The second-order valence-corrected chi connectivity index (χ2v) is 8.65. The van der Waals surface area contributed by atoms with Gasteiger partial charge in [-0.05, 0) is 48.8 Å². The molecule has 21 heavy (non-hydrogen) atoms. The van der Waals surface area contributed by atoms with Crippen LogP contribution in [0.4, 0.5) is 8.78 Å². The lowest BCUT2D eigenvalue weighted by Gasteiger charge is -2.23. The van der Waals surface area contributed by atoms with Gasteiger partial charge in [0.05, 0.1) is 10.5 Å². The Hall–Kier alpha value is -1.02. The van der Waals surface area contributed by atoms with Crippen LogP contribution in [0.15, 0.2) is 21.6 Å². The summed E-state index contributed by atoms with van der Waals surface area (Å²) in [7, 11) is -3.51. The largest absolute Gasteiger partial charge is 0.386 e. The third-order valence-corrected chi connectivity index (χ3v) is 6.05. The van der Waals surface area contributed by atoms with Gasteiger partial charge in [0.15, 0.2) is 9.84 Å². The predicted octanol–water partition coefficient (Wildman–Crippen LogP) is 2.97. The molecule has 0 heterocycles. The van der Waals surface area contributed by atoms with Gasteiger partial charge in [-0.3, -0.25) is 4.99 Å². The van der Waals surface area contributed by atoms with Crippen LogP contribution >= 0.6 is 15.9 Å². The van der Waals surface area contributed by atoms with E-state index in [1.807, 2.05) is 0 Å². The minimum Gasteiger partial charge on any atom is -0.386 e. The highest BCUT2D eigenvalue weighted by Crippen LogP contribution is 2.29. The molecule has 0 aliphatic rings. The van der Waals surface area contributed by atoms with E-state index in [0.29, 0.717) is 0 Å². The van der Waals surface area contributed by atoms with Crippen LogP contribution < -0.4 is 5.73 Å². The van der Waals surface area contributed by atoms with E-state index in [1.54, 1.807) is 0 Å². The van der Waals surface area contributed by atoms with Gasteiger partial charge in [-0.2, -0.15) is 0 Å². The first-order valence-electron chi connectivity index (χ1n) is 6.06. The van der Waals surface area contributed by atoms with Crippen molar-refractivity contribution in [2.24, 2.45) is 10.7 Å². The zero-order valence-electron chi connectivity index (χ0n) is 12.1. The van der Waals surface area contributed by atoms with Gasteiger partial charge in [0.1, 0.15) is 22.2 Å².